The average molecular weight is 1120 g/mol. The van der Waals surface area contributed by atoms with Gasteiger partial charge in [0.05, 0.1) is 41.4 Å². The van der Waals surface area contributed by atoms with Gasteiger partial charge in [-0.3, -0.25) is 29.0 Å². The molecule has 18 nitrogen and oxygen atoms in total. The molecule has 3 heterocycles. The summed E-state index contributed by atoms with van der Waals surface area (Å²) in [6.07, 6.45) is 4.10. The molecule has 1 aliphatic carbocycles. The van der Waals surface area contributed by atoms with Crippen molar-refractivity contribution in [3.8, 4) is 33.4 Å². The number of ether oxygens (including phenoxy) is 5. The van der Waals surface area contributed by atoms with E-state index in [1.807, 2.05) is 52.0 Å². The number of fused-ring (bicyclic) bond motifs is 1. The average Bonchev–Trinajstić information content (AvgIpc) is 4.03. The smallest absolute Gasteiger partial charge is 0.246 e. The lowest BCUT2D eigenvalue weighted by atomic mass is 9.85. The Morgan fingerprint density at radius 3 is 2.12 bits per heavy atom. The van der Waals surface area contributed by atoms with Crippen LogP contribution in [0.15, 0.2) is 96.6 Å². The molecule has 0 radical (unpaired) electrons. The summed E-state index contributed by atoms with van der Waals surface area (Å²) >= 11 is 1.56. The summed E-state index contributed by atoms with van der Waals surface area (Å²) in [5.41, 5.74) is 3.66. The number of halogens is 2. The number of carbonyl (C=O) groups is 5. The number of benzene rings is 4. The van der Waals surface area contributed by atoms with Crippen LogP contribution in [0.3, 0.4) is 0 Å². The Hall–Kier alpha value is -7.59. The molecule has 1 saturated carbocycles. The van der Waals surface area contributed by atoms with Gasteiger partial charge in [0.2, 0.25) is 29.5 Å². The molecule has 2 aromatic heterocycles. The molecule has 3 atom stereocenters. The minimum atomic E-state index is -1.32. The quantitative estimate of drug-likeness (QED) is 0.0253. The van der Waals surface area contributed by atoms with Gasteiger partial charge in [0, 0.05) is 74.4 Å². The highest BCUT2D eigenvalue weighted by Gasteiger charge is 2.56. The third-order valence-corrected chi connectivity index (χ3v) is 14.8. The third kappa shape index (κ3) is 15.0. The number of carbonyl (C=O) groups excluding carboxylic acids is 5. The Balaban J connectivity index is 0.708. The maximum Gasteiger partial charge on any atom is 0.246 e. The molecule has 5 N–H and O–H groups in total. The molecule has 8 rings (SSSR count). The van der Waals surface area contributed by atoms with E-state index >= 15 is 4.39 Å². The zero-order valence-corrected chi connectivity index (χ0v) is 46.2. The fourth-order valence-electron chi connectivity index (χ4n) is 9.13. The number of methoxy groups -OCH3 is 1. The van der Waals surface area contributed by atoms with Gasteiger partial charge in [-0.25, -0.2) is 13.8 Å². The number of hydrogen-bond donors (Lipinski definition) is 5. The maximum absolute atomic E-state index is 15.5. The molecule has 80 heavy (non-hydrogen) atoms. The first-order valence-electron chi connectivity index (χ1n) is 26.6. The first-order chi connectivity index (χ1) is 38.4. The number of likely N-dealkylation sites (tertiary alicyclic amines) is 1. The number of thiazole rings is 1. The predicted molar refractivity (Wildman–Crippen MR) is 297 cm³/mol. The molecule has 6 aromatic rings. The van der Waals surface area contributed by atoms with Gasteiger partial charge in [-0.05, 0) is 111 Å². The molecule has 5 amide bonds. The van der Waals surface area contributed by atoms with Crippen molar-refractivity contribution in [3.63, 3.8) is 0 Å². The van der Waals surface area contributed by atoms with Crippen molar-refractivity contribution in [1.82, 2.24) is 25.5 Å². The Kier molecular flexibility index (Phi) is 19.5. The molecule has 0 spiro atoms. The molecule has 4 aromatic carbocycles. The van der Waals surface area contributed by atoms with Crippen LogP contribution < -0.4 is 35.5 Å². The van der Waals surface area contributed by atoms with Gasteiger partial charge in [-0.2, -0.15) is 0 Å². The standard InChI is InChI=1S/C59H67F2N7O11S/c1-36-52(80-35-64-36)38-12-10-37(11-13-38)32-63-54(71)46-29-42(69)33-68(46)55(72)53(58(2,3)4)67-51(70)34-77-26-7-6-24-76-25-8-9-27-78-50-31-45-43(30-49(50)75-5)47(20-23-62-45)79-48-19-18-41(28-44(48)61)66-57(74)59(21-22-59)56(73)65-40-16-14-39(60)15-17-40/h10-20,23,28,30-31,35,42,46,53,69H,6-9,21-22,24-27,29,32-34H2,1-5H3,(H,63,71)(H,65,73)(H,66,74)(H,67,70)/t42-,46+,53+/m1/s1. The lowest BCUT2D eigenvalue weighted by Gasteiger charge is -2.35. The highest BCUT2D eigenvalue weighted by atomic mass is 32.1. The summed E-state index contributed by atoms with van der Waals surface area (Å²) in [6.45, 7) is 9.08. The maximum atomic E-state index is 15.5. The van der Waals surface area contributed by atoms with Crippen molar-refractivity contribution < 1.29 is 61.5 Å². The zero-order chi connectivity index (χ0) is 57.0. The fourth-order valence-corrected chi connectivity index (χ4v) is 9.94. The fraction of sp³-hybridized carbons (Fsp3) is 0.407. The van der Waals surface area contributed by atoms with Gasteiger partial charge < -0.3 is 55.0 Å². The number of amides is 5. The number of aryl methyl sites for hydroxylation is 1. The van der Waals surface area contributed by atoms with Gasteiger partial charge in [0.25, 0.3) is 0 Å². The first kappa shape index (κ1) is 58.6. The summed E-state index contributed by atoms with van der Waals surface area (Å²) in [4.78, 5) is 77.9. The molecule has 1 aliphatic heterocycles. The molecule has 424 valence electrons. The number of β-amino-alcohol motifs (C(OH)–C–C–N with tert-alkyl or cyclic N) is 1. The molecule has 2 fully saturated rings. The SMILES string of the molecule is COc1cc2c(Oc3ccc(NC(=O)C4(C(=O)Nc5ccc(F)cc5)CC4)cc3F)ccnc2cc1OCCCCOCCCCOCC(=O)N[C@@H](C(=O)N1C[C@H](O)C[C@H]1C(=O)NCc1ccc(-c2scnc2C)cc1)C(C)(C)C. The van der Waals surface area contributed by atoms with Crippen molar-refractivity contribution in [2.24, 2.45) is 10.8 Å². The Bertz CT molecular complexity index is 3150. The number of aromatic nitrogens is 2. The van der Waals surface area contributed by atoms with Gasteiger partial charge in [-0.15, -0.1) is 11.3 Å². The van der Waals surface area contributed by atoms with Crippen LogP contribution in [0.2, 0.25) is 0 Å². The summed E-state index contributed by atoms with van der Waals surface area (Å²) < 4.78 is 57.9. The number of unbranched alkanes of at least 4 members (excludes halogenated alkanes) is 2. The van der Waals surface area contributed by atoms with Gasteiger partial charge in [-0.1, -0.05) is 45.0 Å². The second-order valence-electron chi connectivity index (χ2n) is 20.9. The Labute approximate surface area is 466 Å². The minimum Gasteiger partial charge on any atom is -0.493 e. The number of aliphatic hydroxyl groups excluding tert-OH is 1. The number of nitrogens with one attached hydrogen (secondary N) is 4. The number of rotatable bonds is 26. The second-order valence-corrected chi connectivity index (χ2v) is 21.8. The Morgan fingerprint density at radius 2 is 1.48 bits per heavy atom. The third-order valence-electron chi connectivity index (χ3n) is 13.8. The first-order valence-corrected chi connectivity index (χ1v) is 27.5. The van der Waals surface area contributed by atoms with Crippen LogP contribution in [0.4, 0.5) is 20.2 Å². The van der Waals surface area contributed by atoms with E-state index in [9.17, 15) is 33.5 Å². The number of nitrogens with zero attached hydrogens (tertiary/aromatic N) is 3. The highest BCUT2D eigenvalue weighted by Crippen LogP contribution is 2.48. The largest absolute Gasteiger partial charge is 0.493 e. The van der Waals surface area contributed by atoms with Crippen LogP contribution in [0.5, 0.6) is 23.0 Å². The molecule has 0 bridgehead atoms. The van der Waals surface area contributed by atoms with E-state index < -0.39 is 64.3 Å². The molecule has 2 aliphatic rings. The van der Waals surface area contributed by atoms with E-state index in [1.165, 1.54) is 54.6 Å². The van der Waals surface area contributed by atoms with Crippen LogP contribution in [-0.2, 0) is 40.0 Å². The molecule has 21 heteroatoms. The van der Waals surface area contributed by atoms with E-state index in [2.05, 4.69) is 31.2 Å². The predicted octanol–water partition coefficient (Wildman–Crippen LogP) is 8.88. The van der Waals surface area contributed by atoms with E-state index in [1.54, 1.807) is 35.0 Å². The topological polar surface area (TPSA) is 229 Å². The van der Waals surface area contributed by atoms with E-state index in [0.29, 0.717) is 92.4 Å². The molecular formula is C59H67F2N7O11S. The van der Waals surface area contributed by atoms with E-state index in [4.69, 9.17) is 23.7 Å². The van der Waals surface area contributed by atoms with Crippen molar-refractivity contribution in [2.75, 3.05) is 57.3 Å². The van der Waals surface area contributed by atoms with Crippen molar-refractivity contribution >= 4 is 63.2 Å². The summed E-state index contributed by atoms with van der Waals surface area (Å²) in [6, 6.07) is 20.1. The van der Waals surface area contributed by atoms with Crippen LogP contribution in [0.25, 0.3) is 21.3 Å². The lowest BCUT2D eigenvalue weighted by Crippen LogP contribution is -2.58. The van der Waals surface area contributed by atoms with Crippen LogP contribution in [0, 0.1) is 29.4 Å². The monoisotopic (exact) mass is 1120 g/mol. The minimum absolute atomic E-state index is 0.0269. The van der Waals surface area contributed by atoms with Gasteiger partial charge in [0.15, 0.2) is 23.1 Å². The van der Waals surface area contributed by atoms with Gasteiger partial charge in [0.1, 0.15) is 35.7 Å². The second kappa shape index (κ2) is 26.6. The normalized spacial score (nSPS) is 15.9. The summed E-state index contributed by atoms with van der Waals surface area (Å²) in [5, 5.41) is 22.1. The molecular weight excluding hydrogens is 1050 g/mol. The number of aliphatic hydroxyl groups is 1. The number of anilines is 2. The van der Waals surface area contributed by atoms with E-state index in [0.717, 1.165) is 34.2 Å². The van der Waals surface area contributed by atoms with Crippen LogP contribution in [-0.4, -0.2) is 114 Å². The zero-order valence-electron chi connectivity index (χ0n) is 45.4. The molecule has 1 saturated heterocycles. The number of pyridine rings is 1. The molecule has 0 unspecified atom stereocenters. The van der Waals surface area contributed by atoms with Crippen molar-refractivity contribution in [2.45, 2.75) is 97.4 Å². The van der Waals surface area contributed by atoms with Crippen molar-refractivity contribution in [3.05, 3.63) is 120 Å². The Morgan fingerprint density at radius 1 is 0.800 bits per heavy atom. The van der Waals surface area contributed by atoms with E-state index in [-0.39, 0.29) is 43.5 Å². The highest BCUT2D eigenvalue weighted by molar-refractivity contribution is 7.13. The summed E-state index contributed by atoms with van der Waals surface area (Å²) in [7, 11) is 1.50. The lowest BCUT2D eigenvalue weighted by molar-refractivity contribution is -0.144. The van der Waals surface area contributed by atoms with Crippen LogP contribution >= 0.6 is 11.3 Å². The van der Waals surface area contributed by atoms with Crippen molar-refractivity contribution in [1.29, 1.82) is 0 Å². The van der Waals surface area contributed by atoms with Crippen LogP contribution in [0.1, 0.15) is 77.0 Å². The summed E-state index contributed by atoms with van der Waals surface area (Å²) in [5.74, 6) is -2.55. The number of hydrogen-bond acceptors (Lipinski definition) is 14. The van der Waals surface area contributed by atoms with Gasteiger partial charge >= 0.3 is 0 Å².